The zero-order valence-corrected chi connectivity index (χ0v) is 13.0. The molecule has 1 aliphatic rings. The number of aromatic amines is 1. The van der Waals surface area contributed by atoms with Crippen molar-refractivity contribution in [1.82, 2.24) is 19.7 Å². The van der Waals surface area contributed by atoms with E-state index in [1.807, 2.05) is 25.3 Å². The first kappa shape index (κ1) is 13.4. The van der Waals surface area contributed by atoms with Crippen LogP contribution in [0, 0.1) is 11.3 Å². The van der Waals surface area contributed by atoms with Crippen molar-refractivity contribution in [2.75, 3.05) is 0 Å². The summed E-state index contributed by atoms with van der Waals surface area (Å²) in [5.74, 6) is 0.896. The number of hydrogen-bond donors (Lipinski definition) is 1. The number of hydrogen-bond acceptors (Lipinski definition) is 4. The van der Waals surface area contributed by atoms with Gasteiger partial charge in [-0.1, -0.05) is 30.0 Å². The highest BCUT2D eigenvalue weighted by Gasteiger charge is 2.31. The SMILES string of the molecule is C[C@@H](C#N)Sc1nnc(-c2c[nH]c3ccccc23)n1C1CC1. The summed E-state index contributed by atoms with van der Waals surface area (Å²) in [6.07, 6.45) is 4.31. The molecule has 2 heterocycles. The van der Waals surface area contributed by atoms with Crippen molar-refractivity contribution in [3.05, 3.63) is 30.5 Å². The predicted molar refractivity (Wildman–Crippen MR) is 86.5 cm³/mol. The molecule has 6 heteroatoms. The monoisotopic (exact) mass is 309 g/mol. The van der Waals surface area contributed by atoms with Gasteiger partial charge in [-0.05, 0) is 25.8 Å². The summed E-state index contributed by atoms with van der Waals surface area (Å²) >= 11 is 1.48. The summed E-state index contributed by atoms with van der Waals surface area (Å²) in [4.78, 5) is 3.29. The van der Waals surface area contributed by atoms with Crippen LogP contribution in [0.2, 0.25) is 0 Å². The summed E-state index contributed by atoms with van der Waals surface area (Å²) in [6, 6.07) is 10.9. The predicted octanol–water partition coefficient (Wildman–Crippen LogP) is 3.77. The molecular weight excluding hydrogens is 294 g/mol. The highest BCUT2D eigenvalue weighted by Crippen LogP contribution is 2.42. The molecule has 4 rings (SSSR count). The van der Waals surface area contributed by atoms with E-state index in [1.165, 1.54) is 11.8 Å². The number of nitriles is 1. The van der Waals surface area contributed by atoms with Gasteiger partial charge in [0.1, 0.15) is 0 Å². The van der Waals surface area contributed by atoms with Gasteiger partial charge in [0.2, 0.25) is 0 Å². The van der Waals surface area contributed by atoms with Gasteiger partial charge in [0.15, 0.2) is 11.0 Å². The topological polar surface area (TPSA) is 70.3 Å². The van der Waals surface area contributed by atoms with Crippen molar-refractivity contribution >= 4 is 22.7 Å². The molecule has 0 radical (unpaired) electrons. The molecular formula is C16H15N5S. The zero-order chi connectivity index (χ0) is 15.1. The summed E-state index contributed by atoms with van der Waals surface area (Å²) in [5.41, 5.74) is 2.17. The number of rotatable bonds is 4. The van der Waals surface area contributed by atoms with E-state index in [-0.39, 0.29) is 5.25 Å². The molecule has 1 aromatic carbocycles. The first-order valence-corrected chi connectivity index (χ1v) is 8.23. The van der Waals surface area contributed by atoms with E-state index in [0.29, 0.717) is 6.04 Å². The maximum Gasteiger partial charge on any atom is 0.193 e. The van der Waals surface area contributed by atoms with E-state index >= 15 is 0 Å². The first-order chi connectivity index (χ1) is 10.8. The highest BCUT2D eigenvalue weighted by molar-refractivity contribution is 8.00. The lowest BCUT2D eigenvalue weighted by Crippen LogP contribution is -2.01. The van der Waals surface area contributed by atoms with Crippen LogP contribution in [-0.2, 0) is 0 Å². The van der Waals surface area contributed by atoms with E-state index in [0.717, 1.165) is 40.3 Å². The highest BCUT2D eigenvalue weighted by atomic mass is 32.2. The Bertz CT molecular complexity index is 868. The molecule has 110 valence electrons. The van der Waals surface area contributed by atoms with Crippen LogP contribution in [0.1, 0.15) is 25.8 Å². The second kappa shape index (κ2) is 5.18. The fraction of sp³-hybridized carbons (Fsp3) is 0.312. The third-order valence-electron chi connectivity index (χ3n) is 3.87. The molecule has 2 aromatic heterocycles. The molecule has 1 aliphatic carbocycles. The van der Waals surface area contributed by atoms with Crippen LogP contribution >= 0.6 is 11.8 Å². The Morgan fingerprint density at radius 3 is 2.95 bits per heavy atom. The molecule has 0 bridgehead atoms. The average Bonchev–Trinajstić information content (AvgIpc) is 3.16. The van der Waals surface area contributed by atoms with Gasteiger partial charge in [-0.15, -0.1) is 10.2 Å². The van der Waals surface area contributed by atoms with Crippen LogP contribution in [0.25, 0.3) is 22.3 Å². The molecule has 1 atom stereocenters. The second-order valence-electron chi connectivity index (χ2n) is 5.54. The molecule has 0 aliphatic heterocycles. The standard InChI is InChI=1S/C16H15N5S/c1-10(8-17)22-16-20-19-15(21(16)11-6-7-11)13-9-18-14-5-3-2-4-12(13)14/h2-5,9-11,18H,6-7H2,1H3/t10-/m0/s1. The molecule has 1 saturated carbocycles. The van der Waals surface area contributed by atoms with Gasteiger partial charge in [-0.2, -0.15) is 5.26 Å². The van der Waals surface area contributed by atoms with Crippen LogP contribution < -0.4 is 0 Å². The van der Waals surface area contributed by atoms with Crippen molar-refractivity contribution in [1.29, 1.82) is 5.26 Å². The van der Waals surface area contributed by atoms with Crippen molar-refractivity contribution < 1.29 is 0 Å². The molecule has 3 aromatic rings. The first-order valence-electron chi connectivity index (χ1n) is 7.35. The Morgan fingerprint density at radius 2 is 2.18 bits per heavy atom. The fourth-order valence-electron chi connectivity index (χ4n) is 2.64. The molecule has 1 N–H and O–H groups in total. The van der Waals surface area contributed by atoms with Crippen LogP contribution in [0.4, 0.5) is 0 Å². The molecule has 0 amide bonds. The molecule has 0 unspecified atom stereocenters. The lowest BCUT2D eigenvalue weighted by Gasteiger charge is -2.08. The number of thioether (sulfide) groups is 1. The van der Waals surface area contributed by atoms with Gasteiger partial charge in [-0.25, -0.2) is 0 Å². The summed E-state index contributed by atoms with van der Waals surface area (Å²) in [7, 11) is 0. The Kier molecular flexibility index (Phi) is 3.16. The van der Waals surface area contributed by atoms with Crippen LogP contribution in [-0.4, -0.2) is 25.0 Å². The Labute approximate surface area is 132 Å². The van der Waals surface area contributed by atoms with Crippen molar-refractivity contribution in [2.45, 2.75) is 36.2 Å². The lowest BCUT2D eigenvalue weighted by molar-refractivity contribution is 0.669. The number of fused-ring (bicyclic) bond motifs is 1. The van der Waals surface area contributed by atoms with Gasteiger partial charge in [-0.3, -0.25) is 4.57 Å². The Morgan fingerprint density at radius 1 is 1.36 bits per heavy atom. The molecule has 22 heavy (non-hydrogen) atoms. The molecule has 0 saturated heterocycles. The summed E-state index contributed by atoms with van der Waals surface area (Å²) in [6.45, 7) is 1.89. The van der Waals surface area contributed by atoms with Crippen molar-refractivity contribution in [3.63, 3.8) is 0 Å². The molecule has 5 nitrogen and oxygen atoms in total. The maximum absolute atomic E-state index is 9.04. The van der Waals surface area contributed by atoms with E-state index in [4.69, 9.17) is 5.26 Å². The third kappa shape index (κ3) is 2.18. The van der Waals surface area contributed by atoms with E-state index < -0.39 is 0 Å². The van der Waals surface area contributed by atoms with Crippen molar-refractivity contribution in [3.8, 4) is 17.5 Å². The quantitative estimate of drug-likeness (QED) is 0.745. The molecule has 1 fully saturated rings. The zero-order valence-electron chi connectivity index (χ0n) is 12.2. The van der Waals surface area contributed by atoms with Gasteiger partial charge in [0, 0.05) is 28.7 Å². The minimum absolute atomic E-state index is 0.127. The largest absolute Gasteiger partial charge is 0.360 e. The van der Waals surface area contributed by atoms with Gasteiger partial charge in [0.25, 0.3) is 0 Å². The minimum atomic E-state index is -0.127. The summed E-state index contributed by atoms with van der Waals surface area (Å²) in [5, 5.41) is 19.7. The smallest absolute Gasteiger partial charge is 0.193 e. The number of nitrogens with one attached hydrogen (secondary N) is 1. The van der Waals surface area contributed by atoms with Gasteiger partial charge in [0.05, 0.1) is 11.3 Å². The average molecular weight is 309 g/mol. The normalized spacial score (nSPS) is 15.8. The minimum Gasteiger partial charge on any atom is -0.360 e. The van der Waals surface area contributed by atoms with Gasteiger partial charge >= 0.3 is 0 Å². The number of para-hydroxylation sites is 1. The van der Waals surface area contributed by atoms with Crippen LogP contribution in [0.3, 0.4) is 0 Å². The Balaban J connectivity index is 1.83. The van der Waals surface area contributed by atoms with Crippen LogP contribution in [0.5, 0.6) is 0 Å². The third-order valence-corrected chi connectivity index (χ3v) is 4.82. The second-order valence-corrected chi connectivity index (χ2v) is 6.85. The number of H-pyrrole nitrogens is 1. The lowest BCUT2D eigenvalue weighted by atomic mass is 10.1. The van der Waals surface area contributed by atoms with Crippen LogP contribution in [0.15, 0.2) is 35.6 Å². The maximum atomic E-state index is 9.04. The molecule has 0 spiro atoms. The van der Waals surface area contributed by atoms with E-state index in [1.54, 1.807) is 0 Å². The number of aromatic nitrogens is 4. The van der Waals surface area contributed by atoms with E-state index in [9.17, 15) is 0 Å². The summed E-state index contributed by atoms with van der Waals surface area (Å²) < 4.78 is 2.20. The van der Waals surface area contributed by atoms with Gasteiger partial charge < -0.3 is 4.98 Å². The Hall–Kier alpha value is -2.26. The van der Waals surface area contributed by atoms with E-state index in [2.05, 4.69) is 38.0 Å². The number of benzene rings is 1. The van der Waals surface area contributed by atoms with Crippen molar-refractivity contribution in [2.24, 2.45) is 0 Å². The number of nitrogens with zero attached hydrogens (tertiary/aromatic N) is 4. The fourth-order valence-corrected chi connectivity index (χ4v) is 3.45.